The maximum atomic E-state index is 13.5. The van der Waals surface area contributed by atoms with E-state index in [9.17, 15) is 9.59 Å². The van der Waals surface area contributed by atoms with Crippen molar-refractivity contribution in [2.24, 2.45) is 0 Å². The van der Waals surface area contributed by atoms with Crippen LogP contribution in [-0.4, -0.2) is 49.6 Å². The molecule has 0 aliphatic carbocycles. The second-order valence-corrected chi connectivity index (χ2v) is 8.12. The fourth-order valence-electron chi connectivity index (χ4n) is 3.51. The lowest BCUT2D eigenvalue weighted by Crippen LogP contribution is -2.52. The Morgan fingerprint density at radius 1 is 0.912 bits per heavy atom. The van der Waals surface area contributed by atoms with Gasteiger partial charge >= 0.3 is 0 Å². The summed E-state index contributed by atoms with van der Waals surface area (Å²) >= 11 is 6.18. The van der Waals surface area contributed by atoms with Crippen LogP contribution in [0.3, 0.4) is 0 Å². The molecule has 1 N–H and O–H groups in total. The number of para-hydroxylation sites is 1. The summed E-state index contributed by atoms with van der Waals surface area (Å²) in [5, 5.41) is 3.31. The Labute approximate surface area is 205 Å². The summed E-state index contributed by atoms with van der Waals surface area (Å²) < 4.78 is 10.8. The van der Waals surface area contributed by atoms with Crippen LogP contribution < -0.4 is 10.1 Å². The standard InChI is InChI=1S/C27H29ClN2O4/c1-33-17-16-29-27(32)24(18-21-10-4-2-5-11-21)30(19-22-12-6-3-7-13-22)26(31)20-34-25-15-9-8-14-23(25)28/h2-15,24H,16-20H2,1H3,(H,29,32)/t24-/m0/s1. The fraction of sp³-hybridized carbons (Fsp3) is 0.259. The van der Waals surface area contributed by atoms with E-state index < -0.39 is 6.04 Å². The molecule has 34 heavy (non-hydrogen) atoms. The molecule has 0 aromatic heterocycles. The van der Waals surface area contributed by atoms with E-state index in [-0.39, 0.29) is 25.0 Å². The van der Waals surface area contributed by atoms with Crippen molar-refractivity contribution in [1.82, 2.24) is 10.2 Å². The Bertz CT molecular complexity index is 1050. The molecule has 0 saturated carbocycles. The number of carbonyl (C=O) groups excluding carboxylic acids is 2. The van der Waals surface area contributed by atoms with Crippen LogP contribution in [0.5, 0.6) is 5.75 Å². The Kier molecular flexibility index (Phi) is 9.95. The van der Waals surface area contributed by atoms with Gasteiger partial charge < -0.3 is 19.7 Å². The van der Waals surface area contributed by atoms with Gasteiger partial charge in [-0.25, -0.2) is 0 Å². The smallest absolute Gasteiger partial charge is 0.261 e. The van der Waals surface area contributed by atoms with Crippen molar-refractivity contribution >= 4 is 23.4 Å². The van der Waals surface area contributed by atoms with Gasteiger partial charge in [0.25, 0.3) is 5.91 Å². The van der Waals surface area contributed by atoms with Crippen molar-refractivity contribution < 1.29 is 19.1 Å². The predicted molar refractivity (Wildman–Crippen MR) is 133 cm³/mol. The van der Waals surface area contributed by atoms with E-state index in [2.05, 4.69) is 5.32 Å². The molecule has 0 radical (unpaired) electrons. The Hall–Kier alpha value is -3.35. The first kappa shape index (κ1) is 25.3. The molecule has 0 spiro atoms. The van der Waals surface area contributed by atoms with Crippen LogP contribution in [0.1, 0.15) is 11.1 Å². The minimum Gasteiger partial charge on any atom is -0.482 e. The number of halogens is 1. The summed E-state index contributed by atoms with van der Waals surface area (Å²) in [4.78, 5) is 28.3. The van der Waals surface area contributed by atoms with Gasteiger partial charge in [-0.1, -0.05) is 84.4 Å². The van der Waals surface area contributed by atoms with Crippen LogP contribution in [0.2, 0.25) is 5.02 Å². The molecule has 3 aromatic carbocycles. The number of methoxy groups -OCH3 is 1. The second kappa shape index (κ2) is 13.4. The number of rotatable bonds is 12. The van der Waals surface area contributed by atoms with E-state index in [0.29, 0.717) is 30.3 Å². The Morgan fingerprint density at radius 2 is 1.53 bits per heavy atom. The van der Waals surface area contributed by atoms with Gasteiger partial charge in [0.1, 0.15) is 11.8 Å². The highest BCUT2D eigenvalue weighted by atomic mass is 35.5. The lowest BCUT2D eigenvalue weighted by Gasteiger charge is -2.31. The molecule has 0 fully saturated rings. The number of benzene rings is 3. The van der Waals surface area contributed by atoms with Gasteiger partial charge in [-0.05, 0) is 23.3 Å². The topological polar surface area (TPSA) is 67.9 Å². The Morgan fingerprint density at radius 3 is 2.18 bits per heavy atom. The van der Waals surface area contributed by atoms with Crippen LogP contribution in [0.4, 0.5) is 0 Å². The molecule has 1 atom stereocenters. The molecule has 0 saturated heterocycles. The van der Waals surface area contributed by atoms with Crippen molar-refractivity contribution in [2.45, 2.75) is 19.0 Å². The van der Waals surface area contributed by atoms with Crippen molar-refractivity contribution in [2.75, 3.05) is 26.9 Å². The molecule has 3 rings (SSSR count). The average Bonchev–Trinajstić information content (AvgIpc) is 2.87. The van der Waals surface area contributed by atoms with Crippen LogP contribution >= 0.6 is 11.6 Å². The van der Waals surface area contributed by atoms with Gasteiger partial charge in [0.15, 0.2) is 6.61 Å². The first-order valence-electron chi connectivity index (χ1n) is 11.1. The predicted octanol–water partition coefficient (Wildman–Crippen LogP) is 4.12. The molecular formula is C27H29ClN2O4. The van der Waals surface area contributed by atoms with E-state index in [0.717, 1.165) is 11.1 Å². The molecule has 0 aliphatic heterocycles. The minimum absolute atomic E-state index is 0.243. The first-order chi connectivity index (χ1) is 16.6. The third kappa shape index (κ3) is 7.61. The third-order valence-corrected chi connectivity index (χ3v) is 5.57. The molecule has 0 aliphatic rings. The number of amides is 2. The number of ether oxygens (including phenoxy) is 2. The minimum atomic E-state index is -0.734. The Balaban J connectivity index is 1.86. The van der Waals surface area contributed by atoms with Gasteiger partial charge in [0.2, 0.25) is 5.91 Å². The van der Waals surface area contributed by atoms with E-state index in [1.54, 1.807) is 36.3 Å². The van der Waals surface area contributed by atoms with Crippen LogP contribution in [0.25, 0.3) is 0 Å². The maximum Gasteiger partial charge on any atom is 0.261 e. The third-order valence-electron chi connectivity index (χ3n) is 5.26. The average molecular weight is 481 g/mol. The summed E-state index contributed by atoms with van der Waals surface area (Å²) in [6.45, 7) is 0.754. The van der Waals surface area contributed by atoms with Crippen LogP contribution in [0.15, 0.2) is 84.9 Å². The van der Waals surface area contributed by atoms with Crippen molar-refractivity contribution in [3.63, 3.8) is 0 Å². The summed E-state index contributed by atoms with van der Waals surface area (Å²) in [6, 6.07) is 25.5. The summed E-state index contributed by atoms with van der Waals surface area (Å²) in [5.41, 5.74) is 1.86. The van der Waals surface area contributed by atoms with E-state index >= 15 is 0 Å². The zero-order valence-electron chi connectivity index (χ0n) is 19.2. The van der Waals surface area contributed by atoms with Crippen molar-refractivity contribution in [3.05, 3.63) is 101 Å². The first-order valence-corrected chi connectivity index (χ1v) is 11.5. The number of carbonyl (C=O) groups is 2. The number of nitrogens with zero attached hydrogens (tertiary/aromatic N) is 1. The highest BCUT2D eigenvalue weighted by molar-refractivity contribution is 6.32. The molecule has 6 nitrogen and oxygen atoms in total. The quantitative estimate of drug-likeness (QED) is 0.396. The molecule has 3 aromatic rings. The summed E-state index contributed by atoms with van der Waals surface area (Å²) in [6.07, 6.45) is 0.365. The normalized spacial score (nSPS) is 11.5. The lowest BCUT2D eigenvalue weighted by molar-refractivity contribution is -0.142. The highest BCUT2D eigenvalue weighted by Crippen LogP contribution is 2.23. The lowest BCUT2D eigenvalue weighted by atomic mass is 10.0. The monoisotopic (exact) mass is 480 g/mol. The van der Waals surface area contributed by atoms with Gasteiger partial charge in [-0.3, -0.25) is 9.59 Å². The van der Waals surface area contributed by atoms with E-state index in [4.69, 9.17) is 21.1 Å². The number of nitrogens with one attached hydrogen (secondary N) is 1. The zero-order valence-corrected chi connectivity index (χ0v) is 19.9. The van der Waals surface area contributed by atoms with E-state index in [1.165, 1.54) is 0 Å². The molecular weight excluding hydrogens is 452 g/mol. The van der Waals surface area contributed by atoms with Gasteiger partial charge in [0.05, 0.1) is 11.6 Å². The van der Waals surface area contributed by atoms with Crippen molar-refractivity contribution in [1.29, 1.82) is 0 Å². The zero-order chi connectivity index (χ0) is 24.2. The van der Waals surface area contributed by atoms with Crippen LogP contribution in [-0.2, 0) is 27.3 Å². The SMILES string of the molecule is COCCNC(=O)[C@H](Cc1ccccc1)N(Cc1ccccc1)C(=O)COc1ccccc1Cl. The van der Waals surface area contributed by atoms with Crippen LogP contribution in [0, 0.1) is 0 Å². The highest BCUT2D eigenvalue weighted by Gasteiger charge is 2.30. The number of hydrogen-bond donors (Lipinski definition) is 1. The molecule has 2 amide bonds. The van der Waals surface area contributed by atoms with Gasteiger partial charge in [-0.2, -0.15) is 0 Å². The van der Waals surface area contributed by atoms with Gasteiger partial charge in [0, 0.05) is 26.6 Å². The molecule has 178 valence electrons. The molecule has 7 heteroatoms. The summed E-state index contributed by atoms with van der Waals surface area (Å²) in [5.74, 6) is -0.143. The van der Waals surface area contributed by atoms with Crippen molar-refractivity contribution in [3.8, 4) is 5.75 Å². The second-order valence-electron chi connectivity index (χ2n) is 7.72. The van der Waals surface area contributed by atoms with E-state index in [1.807, 2.05) is 60.7 Å². The summed E-state index contributed by atoms with van der Waals surface area (Å²) in [7, 11) is 1.57. The van der Waals surface area contributed by atoms with Gasteiger partial charge in [-0.15, -0.1) is 0 Å². The molecule has 0 unspecified atom stereocenters. The largest absolute Gasteiger partial charge is 0.482 e. The molecule has 0 bridgehead atoms. The maximum absolute atomic E-state index is 13.5. The number of hydrogen-bond acceptors (Lipinski definition) is 4. The fourth-order valence-corrected chi connectivity index (χ4v) is 3.70. The molecule has 0 heterocycles.